The molecule has 2 aromatic heterocycles. The lowest BCUT2D eigenvalue weighted by Crippen LogP contribution is -2.17. The van der Waals surface area contributed by atoms with Gasteiger partial charge in [0.25, 0.3) is 0 Å². The largest absolute Gasteiger partial charge is 0.511 e. The highest BCUT2D eigenvalue weighted by Crippen LogP contribution is 2.38. The maximum Gasteiger partial charge on any atom is 0.511 e. The van der Waals surface area contributed by atoms with E-state index in [0.29, 0.717) is 22.2 Å². The van der Waals surface area contributed by atoms with E-state index in [-0.39, 0.29) is 18.2 Å². The van der Waals surface area contributed by atoms with E-state index in [4.69, 9.17) is 9.84 Å². The Balaban J connectivity index is 1.33. The molecular weight excluding hydrogens is 537 g/mol. The molecule has 0 spiro atoms. The first-order valence-corrected chi connectivity index (χ1v) is 12.5. The molecule has 208 valence electrons. The second-order valence-corrected chi connectivity index (χ2v) is 8.96. The topological polar surface area (TPSA) is 99.4 Å². The fraction of sp³-hybridized carbons (Fsp3) is 0.133. The Hall–Kier alpha value is -5.19. The van der Waals surface area contributed by atoms with Crippen LogP contribution in [0.25, 0.3) is 17.2 Å². The van der Waals surface area contributed by atoms with Crippen molar-refractivity contribution in [2.45, 2.75) is 25.6 Å². The number of halogens is 3. The van der Waals surface area contributed by atoms with Crippen molar-refractivity contribution in [1.29, 1.82) is 0 Å². The van der Waals surface area contributed by atoms with Crippen LogP contribution in [0.15, 0.2) is 97.3 Å². The van der Waals surface area contributed by atoms with E-state index in [1.807, 2.05) is 30.3 Å². The average Bonchev–Trinajstić information content (AvgIpc) is 3.40. The van der Waals surface area contributed by atoms with E-state index in [2.05, 4.69) is 44.1 Å². The molecule has 0 saturated heterocycles. The van der Waals surface area contributed by atoms with E-state index in [1.165, 1.54) is 23.4 Å². The third-order valence-electron chi connectivity index (χ3n) is 6.15. The summed E-state index contributed by atoms with van der Waals surface area (Å²) < 4.78 is 52.1. The molecule has 0 aliphatic rings. The molecule has 0 aliphatic carbocycles. The molecule has 0 atom stereocenters. The van der Waals surface area contributed by atoms with Crippen molar-refractivity contribution in [1.82, 2.24) is 19.7 Å². The molecule has 3 aromatic carbocycles. The van der Waals surface area contributed by atoms with Crippen molar-refractivity contribution in [2.75, 3.05) is 0 Å². The van der Waals surface area contributed by atoms with Crippen LogP contribution in [0.4, 0.5) is 18.0 Å². The third kappa shape index (κ3) is 6.70. The lowest BCUT2D eigenvalue weighted by atomic mass is 10.0. The predicted molar refractivity (Wildman–Crippen MR) is 143 cm³/mol. The quantitative estimate of drug-likeness (QED) is 0.199. The van der Waals surface area contributed by atoms with Gasteiger partial charge in [0.1, 0.15) is 12.4 Å². The minimum atomic E-state index is -4.97. The number of carbonyl (C=O) groups is 1. The monoisotopic (exact) mass is 560 g/mol. The van der Waals surface area contributed by atoms with E-state index >= 15 is 0 Å². The summed E-state index contributed by atoms with van der Waals surface area (Å²) in [4.78, 5) is 19.3. The van der Waals surface area contributed by atoms with Crippen LogP contribution in [0.1, 0.15) is 22.4 Å². The number of rotatable bonds is 9. The number of alkyl halides is 3. The van der Waals surface area contributed by atoms with Crippen molar-refractivity contribution in [2.24, 2.45) is 0 Å². The first kappa shape index (κ1) is 27.4. The predicted octanol–water partition coefficient (Wildman–Crippen LogP) is 6.77. The molecule has 0 amide bonds. The van der Waals surface area contributed by atoms with Crippen molar-refractivity contribution >= 4 is 6.16 Å². The second kappa shape index (κ2) is 11.9. The number of hydrogen-bond acceptors (Lipinski definition) is 6. The first-order valence-electron chi connectivity index (χ1n) is 12.5. The number of para-hydroxylation sites is 1. The van der Waals surface area contributed by atoms with Crippen molar-refractivity contribution in [3.8, 4) is 28.7 Å². The average molecular weight is 561 g/mol. The molecule has 0 saturated carbocycles. The van der Waals surface area contributed by atoms with Gasteiger partial charge in [-0.1, -0.05) is 66.7 Å². The molecular formula is C30H23F3N4O4. The molecule has 1 N–H and O–H groups in total. The van der Waals surface area contributed by atoms with Gasteiger partial charge in [-0.15, -0.1) is 0 Å². The number of benzene rings is 3. The number of nitrogens with zero attached hydrogens (tertiary/aromatic N) is 4. The summed E-state index contributed by atoms with van der Waals surface area (Å²) in [7, 11) is 0. The number of aryl methyl sites for hydroxylation is 2. The summed E-state index contributed by atoms with van der Waals surface area (Å²) in [5.41, 5.74) is 2.46. The summed E-state index contributed by atoms with van der Waals surface area (Å²) in [6, 6.07) is 26.5. The molecule has 5 rings (SSSR count). The highest BCUT2D eigenvalue weighted by molar-refractivity contribution is 5.65. The van der Waals surface area contributed by atoms with Gasteiger partial charge in [-0.05, 0) is 41.7 Å². The first-order chi connectivity index (χ1) is 19.8. The molecule has 8 nitrogen and oxygen atoms in total. The molecule has 0 fully saturated rings. The van der Waals surface area contributed by atoms with Gasteiger partial charge in [0.15, 0.2) is 23.1 Å². The SMILES string of the molecule is O=C(O)Oc1cnn(-c2ccnc(-c3ccccc3OCc3ccc(CCc4ccccc4)cc3)n2)c1C(F)(F)F. The Bertz CT molecular complexity index is 1640. The Morgan fingerprint density at radius 2 is 1.49 bits per heavy atom. The van der Waals surface area contributed by atoms with Crippen LogP contribution in [-0.4, -0.2) is 31.0 Å². The van der Waals surface area contributed by atoms with Crippen LogP contribution in [0.3, 0.4) is 0 Å². The van der Waals surface area contributed by atoms with Crippen LogP contribution in [0.2, 0.25) is 0 Å². The highest BCUT2D eigenvalue weighted by Gasteiger charge is 2.41. The van der Waals surface area contributed by atoms with Gasteiger partial charge in [-0.3, -0.25) is 0 Å². The number of carboxylic acid groups (broad SMARTS) is 1. The van der Waals surface area contributed by atoms with Crippen LogP contribution < -0.4 is 9.47 Å². The Morgan fingerprint density at radius 3 is 2.20 bits per heavy atom. The lowest BCUT2D eigenvalue weighted by molar-refractivity contribution is -0.143. The van der Waals surface area contributed by atoms with Crippen LogP contribution in [0, 0.1) is 0 Å². The molecule has 0 radical (unpaired) electrons. The summed E-state index contributed by atoms with van der Waals surface area (Å²) >= 11 is 0. The highest BCUT2D eigenvalue weighted by atomic mass is 19.4. The molecule has 5 aromatic rings. The maximum absolute atomic E-state index is 13.8. The second-order valence-electron chi connectivity index (χ2n) is 8.96. The molecule has 0 bridgehead atoms. The number of aromatic nitrogens is 4. The fourth-order valence-electron chi connectivity index (χ4n) is 4.21. The van der Waals surface area contributed by atoms with Crippen molar-refractivity contribution < 1.29 is 32.5 Å². The summed E-state index contributed by atoms with van der Waals surface area (Å²) in [5, 5.41) is 12.5. The van der Waals surface area contributed by atoms with Gasteiger partial charge in [-0.25, -0.2) is 19.4 Å². The van der Waals surface area contributed by atoms with Gasteiger partial charge in [0.2, 0.25) is 0 Å². The zero-order chi connectivity index (χ0) is 28.8. The standard InChI is InChI=1S/C30H23F3N4O4/c31-30(32,33)27-25(41-29(38)39)18-35-37(27)26-16-17-34-28(36-26)23-8-4-5-9-24(23)40-19-22-14-12-21(13-15-22)11-10-20-6-2-1-3-7-20/h1-9,12-18H,10-11,19H2,(H,38,39). The summed E-state index contributed by atoms with van der Waals surface area (Å²) in [6.45, 7) is 0.253. The van der Waals surface area contributed by atoms with E-state index in [0.717, 1.165) is 18.4 Å². The van der Waals surface area contributed by atoms with Crippen molar-refractivity contribution in [3.63, 3.8) is 0 Å². The summed E-state index contributed by atoms with van der Waals surface area (Å²) in [5.74, 6) is -0.661. The normalized spacial score (nSPS) is 11.3. The molecule has 2 heterocycles. The number of ether oxygens (including phenoxy) is 2. The molecule has 0 aliphatic heterocycles. The third-order valence-corrected chi connectivity index (χ3v) is 6.15. The lowest BCUT2D eigenvalue weighted by Gasteiger charge is -2.13. The van der Waals surface area contributed by atoms with Crippen molar-refractivity contribution in [3.05, 3.63) is 120 Å². The van der Waals surface area contributed by atoms with Gasteiger partial charge in [-0.2, -0.15) is 18.3 Å². The van der Waals surface area contributed by atoms with E-state index in [1.54, 1.807) is 24.3 Å². The fourth-order valence-corrected chi connectivity index (χ4v) is 4.21. The van der Waals surface area contributed by atoms with Gasteiger partial charge in [0.05, 0.1) is 11.8 Å². The van der Waals surface area contributed by atoms with E-state index in [9.17, 15) is 18.0 Å². The van der Waals surface area contributed by atoms with Crippen LogP contribution in [-0.2, 0) is 25.6 Å². The Labute approximate surface area is 232 Å². The number of hydrogen-bond donors (Lipinski definition) is 1. The molecule has 0 unspecified atom stereocenters. The smallest absolute Gasteiger partial charge is 0.488 e. The molecule has 11 heteroatoms. The van der Waals surface area contributed by atoms with Crippen LogP contribution >= 0.6 is 0 Å². The zero-order valence-corrected chi connectivity index (χ0v) is 21.5. The van der Waals surface area contributed by atoms with Gasteiger partial charge in [0, 0.05) is 12.3 Å². The Kier molecular flexibility index (Phi) is 7.95. The van der Waals surface area contributed by atoms with Gasteiger partial charge >= 0.3 is 12.3 Å². The minimum Gasteiger partial charge on any atom is -0.488 e. The Morgan fingerprint density at radius 1 is 0.829 bits per heavy atom. The van der Waals surface area contributed by atoms with Gasteiger partial charge < -0.3 is 14.6 Å². The van der Waals surface area contributed by atoms with Crippen LogP contribution in [0.5, 0.6) is 11.5 Å². The minimum absolute atomic E-state index is 0.0960. The molecule has 41 heavy (non-hydrogen) atoms. The maximum atomic E-state index is 13.8. The van der Waals surface area contributed by atoms with E-state index < -0.39 is 23.8 Å². The zero-order valence-electron chi connectivity index (χ0n) is 21.5. The summed E-state index contributed by atoms with van der Waals surface area (Å²) in [6.07, 6.45) is -3.06.